The molecule has 7 heavy (non-hydrogen) atoms. The van der Waals surface area contributed by atoms with Crippen LogP contribution in [0.2, 0.25) is 0 Å². The number of isothiocyanates is 1. The molecule has 0 atom stereocenters. The molecular weight excluding hydrogens is 108 g/mol. The fraction of sp³-hybridized carbons (Fsp3) is 0. The van der Waals surface area contributed by atoms with Gasteiger partial charge in [0.25, 0.3) is 0 Å². The molecule has 1 N–H and O–H groups in total. The van der Waals surface area contributed by atoms with Gasteiger partial charge in [0.2, 0.25) is 0 Å². The van der Waals surface area contributed by atoms with Gasteiger partial charge in [-0.3, -0.25) is 0 Å². The maximum absolute atomic E-state index is 6.45. The van der Waals surface area contributed by atoms with Gasteiger partial charge in [0, 0.05) is 12.4 Å². The van der Waals surface area contributed by atoms with E-state index in [-0.39, 0.29) is 0 Å². The summed E-state index contributed by atoms with van der Waals surface area (Å²) in [5.41, 5.74) is 0. The fourth-order valence-electron chi connectivity index (χ4n) is 0.116. The van der Waals surface area contributed by atoms with E-state index in [1.54, 1.807) is 0 Å². The number of rotatable bonds is 2. The first-order chi connectivity index (χ1) is 3.41. The molecule has 0 aliphatic rings. The largest absolute Gasteiger partial charge is 0.309 e. The molecule has 0 radical (unpaired) electrons. The van der Waals surface area contributed by atoms with Crippen LogP contribution in [0, 0.1) is 5.41 Å². The highest BCUT2D eigenvalue weighted by Gasteiger charge is 1.52. The van der Waals surface area contributed by atoms with Crippen molar-refractivity contribution >= 4 is 23.6 Å². The molecule has 0 rings (SSSR count). The zero-order chi connectivity index (χ0) is 5.54. The molecule has 0 bridgehead atoms. The van der Waals surface area contributed by atoms with Crippen molar-refractivity contribution < 1.29 is 0 Å². The molecule has 0 aliphatic heterocycles. The SMILES string of the molecule is N=CC=CN=C=S. The number of nitrogens with zero attached hydrogens (tertiary/aromatic N) is 1. The van der Waals surface area contributed by atoms with Crippen LogP contribution in [-0.4, -0.2) is 11.4 Å². The van der Waals surface area contributed by atoms with Crippen molar-refractivity contribution in [1.29, 1.82) is 5.41 Å². The molecule has 0 amide bonds. The second kappa shape index (κ2) is 5.21. The summed E-state index contributed by atoms with van der Waals surface area (Å²) >= 11 is 4.22. The van der Waals surface area contributed by atoms with Gasteiger partial charge in [-0.1, -0.05) is 0 Å². The molecule has 0 aromatic heterocycles. The van der Waals surface area contributed by atoms with E-state index in [1.807, 2.05) is 0 Å². The van der Waals surface area contributed by atoms with Crippen molar-refractivity contribution in [3.63, 3.8) is 0 Å². The van der Waals surface area contributed by atoms with Gasteiger partial charge in [-0.2, -0.15) is 0 Å². The summed E-state index contributed by atoms with van der Waals surface area (Å²) in [6.45, 7) is 0. The number of allylic oxidation sites excluding steroid dienone is 1. The molecule has 2 nitrogen and oxygen atoms in total. The predicted molar refractivity (Wildman–Crippen MR) is 32.9 cm³/mol. The summed E-state index contributed by atoms with van der Waals surface area (Å²) in [5.74, 6) is 0. The third-order valence-electron chi connectivity index (χ3n) is 0.310. The van der Waals surface area contributed by atoms with Gasteiger partial charge >= 0.3 is 0 Å². The van der Waals surface area contributed by atoms with Crippen LogP contribution in [0.4, 0.5) is 0 Å². The molecule has 3 heteroatoms. The van der Waals surface area contributed by atoms with Gasteiger partial charge in [-0.15, -0.1) is 0 Å². The van der Waals surface area contributed by atoms with Crippen LogP contribution < -0.4 is 0 Å². The molecule has 0 aliphatic carbocycles. The number of thiocarbonyl (C=S) groups is 1. The normalized spacial score (nSPS) is 8.00. The summed E-state index contributed by atoms with van der Waals surface area (Å²) in [6.07, 6.45) is 3.98. The first kappa shape index (κ1) is 6.21. The molecule has 0 unspecified atom stereocenters. The summed E-state index contributed by atoms with van der Waals surface area (Å²) in [6, 6.07) is 0. The molecule has 36 valence electrons. The molecular formula is C4H4N2S. The number of nitrogens with one attached hydrogen (secondary N) is 1. The standard InChI is InChI=1S/C4H4N2S/c5-2-1-3-6-4-7/h1-3,5H. The third kappa shape index (κ3) is 5.21. The highest BCUT2D eigenvalue weighted by molar-refractivity contribution is 7.78. The molecule has 0 aromatic rings. The van der Waals surface area contributed by atoms with Crippen molar-refractivity contribution in [3.8, 4) is 0 Å². The van der Waals surface area contributed by atoms with E-state index in [9.17, 15) is 0 Å². The minimum Gasteiger partial charge on any atom is -0.309 e. The van der Waals surface area contributed by atoms with E-state index in [0.717, 1.165) is 6.21 Å². The van der Waals surface area contributed by atoms with Crippen LogP contribution in [0.3, 0.4) is 0 Å². The van der Waals surface area contributed by atoms with Gasteiger partial charge in [0.1, 0.15) is 0 Å². The van der Waals surface area contributed by atoms with Gasteiger partial charge in [0.15, 0.2) is 0 Å². The number of hydrogen-bond donors (Lipinski definition) is 1. The average molecular weight is 112 g/mol. The summed E-state index contributed by atoms with van der Waals surface area (Å²) in [4.78, 5) is 3.39. The summed E-state index contributed by atoms with van der Waals surface area (Å²) in [5, 5.41) is 8.57. The van der Waals surface area contributed by atoms with Gasteiger partial charge in [-0.25, -0.2) is 4.99 Å². The maximum Gasteiger partial charge on any atom is 0.0634 e. The number of hydrogen-bond acceptors (Lipinski definition) is 3. The van der Waals surface area contributed by atoms with Gasteiger partial charge < -0.3 is 5.41 Å². The second-order valence-corrected chi connectivity index (χ2v) is 0.911. The molecule has 0 heterocycles. The number of aliphatic imine (C=N–C) groups is 1. The van der Waals surface area contributed by atoms with Crippen LogP contribution in [0.5, 0.6) is 0 Å². The first-order valence-corrected chi connectivity index (χ1v) is 2.05. The van der Waals surface area contributed by atoms with Crippen LogP contribution in [0.1, 0.15) is 0 Å². The Kier molecular flexibility index (Phi) is 4.62. The second-order valence-electron chi connectivity index (χ2n) is 0.729. The molecule has 0 fully saturated rings. The van der Waals surface area contributed by atoms with Crippen LogP contribution >= 0.6 is 12.2 Å². The highest BCUT2D eigenvalue weighted by Crippen LogP contribution is 1.64. The Hall–Kier alpha value is -0.790. The quantitative estimate of drug-likeness (QED) is 0.423. The zero-order valence-electron chi connectivity index (χ0n) is 3.59. The van der Waals surface area contributed by atoms with Gasteiger partial charge in [-0.05, 0) is 18.3 Å². The lowest BCUT2D eigenvalue weighted by Gasteiger charge is -1.60. The van der Waals surface area contributed by atoms with Crippen LogP contribution in [-0.2, 0) is 0 Å². The Balaban J connectivity index is 3.47. The van der Waals surface area contributed by atoms with E-state index in [1.165, 1.54) is 12.3 Å². The Morgan fingerprint density at radius 2 is 2.43 bits per heavy atom. The van der Waals surface area contributed by atoms with E-state index in [2.05, 4.69) is 22.4 Å². The molecule has 0 aromatic carbocycles. The lowest BCUT2D eigenvalue weighted by molar-refractivity contribution is 1.56. The fourth-order valence-corrected chi connectivity index (χ4v) is 0.177. The Bertz CT molecular complexity index is 122. The lowest BCUT2D eigenvalue weighted by Crippen LogP contribution is -1.52. The van der Waals surface area contributed by atoms with Crippen molar-refractivity contribution in [3.05, 3.63) is 12.3 Å². The van der Waals surface area contributed by atoms with Crippen molar-refractivity contribution in [1.82, 2.24) is 0 Å². The van der Waals surface area contributed by atoms with Crippen molar-refractivity contribution in [2.45, 2.75) is 0 Å². The molecule has 0 saturated carbocycles. The third-order valence-corrected chi connectivity index (χ3v) is 0.415. The smallest absolute Gasteiger partial charge is 0.0634 e. The van der Waals surface area contributed by atoms with E-state index >= 15 is 0 Å². The van der Waals surface area contributed by atoms with Crippen molar-refractivity contribution in [2.24, 2.45) is 4.99 Å². The Morgan fingerprint density at radius 3 is 2.86 bits per heavy atom. The van der Waals surface area contributed by atoms with E-state index < -0.39 is 0 Å². The summed E-state index contributed by atoms with van der Waals surface area (Å²) < 4.78 is 0. The van der Waals surface area contributed by atoms with Crippen LogP contribution in [0.25, 0.3) is 0 Å². The Labute approximate surface area is 47.1 Å². The predicted octanol–water partition coefficient (Wildman–Crippen LogP) is 1.25. The first-order valence-electron chi connectivity index (χ1n) is 1.64. The molecule has 0 saturated heterocycles. The minimum atomic E-state index is 1.12. The van der Waals surface area contributed by atoms with Crippen molar-refractivity contribution in [2.75, 3.05) is 0 Å². The molecule has 0 spiro atoms. The topological polar surface area (TPSA) is 36.2 Å². The highest BCUT2D eigenvalue weighted by atomic mass is 32.1. The van der Waals surface area contributed by atoms with Gasteiger partial charge in [0.05, 0.1) is 5.16 Å². The average Bonchev–Trinajstić information content (AvgIpc) is 1.69. The maximum atomic E-state index is 6.45. The van der Waals surface area contributed by atoms with E-state index in [4.69, 9.17) is 5.41 Å². The minimum absolute atomic E-state index is 1.12. The Morgan fingerprint density at radius 1 is 1.71 bits per heavy atom. The van der Waals surface area contributed by atoms with Crippen LogP contribution in [0.15, 0.2) is 17.3 Å². The van der Waals surface area contributed by atoms with E-state index in [0.29, 0.717) is 0 Å². The zero-order valence-corrected chi connectivity index (χ0v) is 4.40. The monoisotopic (exact) mass is 112 g/mol. The summed E-state index contributed by atoms with van der Waals surface area (Å²) in [7, 11) is 0. The lowest BCUT2D eigenvalue weighted by atomic mass is 10.7.